The molecule has 0 spiro atoms. The van der Waals surface area contributed by atoms with E-state index < -0.39 is 0 Å². The first kappa shape index (κ1) is 7.99. The van der Waals surface area contributed by atoms with Gasteiger partial charge in [-0.1, -0.05) is 30.9 Å². The molecule has 0 atom stereocenters. The van der Waals surface area contributed by atoms with Gasteiger partial charge in [0.2, 0.25) is 0 Å². The summed E-state index contributed by atoms with van der Waals surface area (Å²) in [5, 5.41) is 3.32. The number of nitrogens with zero attached hydrogens (tertiary/aromatic N) is 1. The van der Waals surface area contributed by atoms with Crippen LogP contribution in [0.2, 0.25) is 0 Å². The van der Waals surface area contributed by atoms with E-state index >= 15 is 0 Å². The van der Waals surface area contributed by atoms with E-state index in [4.69, 9.17) is 0 Å². The molecule has 0 aliphatic carbocycles. The molecular formula is C12H11N. The number of hydrogen-bond acceptors (Lipinski definition) is 1. The molecule has 1 aromatic heterocycles. The zero-order valence-electron chi connectivity index (χ0n) is 7.62. The van der Waals surface area contributed by atoms with Crippen LogP contribution in [0.25, 0.3) is 23.6 Å². The van der Waals surface area contributed by atoms with E-state index in [0.717, 1.165) is 21.3 Å². The Labute approximate surface area is 77.0 Å². The molecule has 64 valence electrons. The smallest absolute Gasteiger partial charge is 0.0774 e. The lowest BCUT2D eigenvalue weighted by Gasteiger charge is -1.96. The lowest BCUT2D eigenvalue weighted by molar-refractivity contribution is 1.38. The molecule has 0 radical (unpaired) electrons. The van der Waals surface area contributed by atoms with E-state index in [2.05, 4.69) is 35.8 Å². The summed E-state index contributed by atoms with van der Waals surface area (Å²) in [6.45, 7) is 6.04. The van der Waals surface area contributed by atoms with Gasteiger partial charge in [-0.15, -0.1) is 0 Å². The third-order valence-electron chi connectivity index (χ3n) is 2.23. The Balaban J connectivity index is 3.05. The van der Waals surface area contributed by atoms with Gasteiger partial charge < -0.3 is 0 Å². The highest BCUT2D eigenvalue weighted by atomic mass is 14.6. The Bertz CT molecular complexity index is 541. The van der Waals surface area contributed by atoms with E-state index in [9.17, 15) is 0 Å². The fourth-order valence-corrected chi connectivity index (χ4v) is 1.49. The normalized spacial score (nSPS) is 12.2. The van der Waals surface area contributed by atoms with Gasteiger partial charge in [-0.3, -0.25) is 4.98 Å². The summed E-state index contributed by atoms with van der Waals surface area (Å²) >= 11 is 0. The van der Waals surface area contributed by atoms with Crippen LogP contribution in [0.15, 0.2) is 30.5 Å². The molecule has 0 saturated carbocycles. The van der Waals surface area contributed by atoms with E-state index in [-0.39, 0.29) is 0 Å². The van der Waals surface area contributed by atoms with E-state index in [1.54, 1.807) is 6.20 Å². The van der Waals surface area contributed by atoms with Gasteiger partial charge in [-0.05, 0) is 18.2 Å². The number of hydrogen-bond donors (Lipinski definition) is 0. The zero-order valence-corrected chi connectivity index (χ0v) is 7.62. The number of fused-ring (bicyclic) bond motifs is 1. The van der Waals surface area contributed by atoms with Crippen molar-refractivity contribution >= 4 is 23.6 Å². The molecule has 0 aliphatic rings. The fourth-order valence-electron chi connectivity index (χ4n) is 1.49. The molecule has 1 aromatic carbocycles. The molecule has 13 heavy (non-hydrogen) atoms. The second kappa shape index (κ2) is 3.02. The van der Waals surface area contributed by atoms with E-state index in [0.29, 0.717) is 0 Å². The number of aromatic nitrogens is 1. The van der Waals surface area contributed by atoms with Crippen LogP contribution in [0.3, 0.4) is 0 Å². The van der Waals surface area contributed by atoms with Crippen molar-refractivity contribution in [3.05, 3.63) is 40.9 Å². The topological polar surface area (TPSA) is 12.9 Å². The molecular weight excluding hydrogens is 158 g/mol. The van der Waals surface area contributed by atoms with Gasteiger partial charge in [-0.25, -0.2) is 0 Å². The van der Waals surface area contributed by atoms with Crippen LogP contribution < -0.4 is 10.4 Å². The summed E-state index contributed by atoms with van der Waals surface area (Å²) in [4.78, 5) is 4.31. The summed E-state index contributed by atoms with van der Waals surface area (Å²) in [5.74, 6) is 0. The first-order valence-corrected chi connectivity index (χ1v) is 4.32. The molecule has 0 bridgehead atoms. The van der Waals surface area contributed by atoms with Gasteiger partial charge in [0.05, 0.1) is 5.52 Å². The highest BCUT2D eigenvalue weighted by Gasteiger charge is 1.93. The minimum atomic E-state index is 0.998. The van der Waals surface area contributed by atoms with Crippen molar-refractivity contribution in [2.75, 3.05) is 0 Å². The predicted octanol–water partition coefficient (Wildman–Crippen LogP) is 1.45. The Kier molecular flexibility index (Phi) is 1.85. The van der Waals surface area contributed by atoms with E-state index in [1.807, 2.05) is 13.0 Å². The van der Waals surface area contributed by atoms with Crippen LogP contribution in [0.1, 0.15) is 6.92 Å². The quantitative estimate of drug-likeness (QED) is 0.581. The fraction of sp³-hybridized carbons (Fsp3) is 0.0833. The predicted molar refractivity (Wildman–Crippen MR) is 56.7 cm³/mol. The van der Waals surface area contributed by atoms with Gasteiger partial charge in [0.25, 0.3) is 0 Å². The summed E-state index contributed by atoms with van der Waals surface area (Å²) < 4.78 is 0. The molecule has 0 aliphatic heterocycles. The maximum Gasteiger partial charge on any atom is 0.0774 e. The van der Waals surface area contributed by atoms with Gasteiger partial charge >= 0.3 is 0 Å². The molecule has 0 unspecified atom stereocenters. The highest BCUT2D eigenvalue weighted by Crippen LogP contribution is 2.02. The van der Waals surface area contributed by atoms with Gasteiger partial charge in [0, 0.05) is 16.8 Å². The number of rotatable bonds is 0. The van der Waals surface area contributed by atoms with Crippen LogP contribution >= 0.6 is 0 Å². The molecule has 1 heterocycles. The largest absolute Gasteiger partial charge is 0.256 e. The van der Waals surface area contributed by atoms with Crippen molar-refractivity contribution in [3.63, 3.8) is 0 Å². The van der Waals surface area contributed by atoms with Crippen molar-refractivity contribution < 1.29 is 0 Å². The third kappa shape index (κ3) is 1.22. The maximum absolute atomic E-state index is 4.31. The van der Waals surface area contributed by atoms with Crippen molar-refractivity contribution in [1.82, 2.24) is 4.98 Å². The first-order valence-electron chi connectivity index (χ1n) is 4.32. The second-order valence-electron chi connectivity index (χ2n) is 3.00. The number of benzene rings is 1. The minimum Gasteiger partial charge on any atom is -0.256 e. The zero-order chi connectivity index (χ0) is 9.26. The van der Waals surface area contributed by atoms with E-state index in [1.165, 1.54) is 0 Å². The van der Waals surface area contributed by atoms with Crippen LogP contribution in [0, 0.1) is 0 Å². The van der Waals surface area contributed by atoms with Gasteiger partial charge in [-0.2, -0.15) is 0 Å². The van der Waals surface area contributed by atoms with Crippen LogP contribution in [-0.2, 0) is 0 Å². The Morgan fingerprint density at radius 3 is 2.92 bits per heavy atom. The van der Waals surface area contributed by atoms with Gasteiger partial charge in [0.1, 0.15) is 0 Å². The molecule has 0 N–H and O–H groups in total. The number of pyridine rings is 1. The Hall–Kier alpha value is -1.63. The first-order chi connectivity index (χ1) is 6.33. The highest BCUT2D eigenvalue weighted by molar-refractivity contribution is 5.78. The standard InChI is InChI=1S/C12H11N/c1-3-10-6-7-11-5-4-8-13-12(11)9(10)2/h3-8H,2H2,1H3/b10-3-. The summed E-state index contributed by atoms with van der Waals surface area (Å²) in [7, 11) is 0. The van der Waals surface area contributed by atoms with Crippen molar-refractivity contribution in [1.29, 1.82) is 0 Å². The monoisotopic (exact) mass is 169 g/mol. The van der Waals surface area contributed by atoms with Crippen LogP contribution in [-0.4, -0.2) is 4.98 Å². The van der Waals surface area contributed by atoms with Gasteiger partial charge in [0.15, 0.2) is 0 Å². The minimum absolute atomic E-state index is 0.998. The molecule has 2 aromatic rings. The van der Waals surface area contributed by atoms with Crippen molar-refractivity contribution in [2.45, 2.75) is 6.92 Å². The second-order valence-corrected chi connectivity index (χ2v) is 3.00. The SMILES string of the molecule is C=c1/c(=C\C)ccc2cccnc12. The molecule has 0 saturated heterocycles. The molecule has 1 heteroatoms. The molecule has 1 nitrogen and oxygen atoms in total. The third-order valence-corrected chi connectivity index (χ3v) is 2.23. The average Bonchev–Trinajstić information content (AvgIpc) is 2.19. The summed E-state index contributed by atoms with van der Waals surface area (Å²) in [6, 6.07) is 8.15. The maximum atomic E-state index is 4.31. The molecule has 2 rings (SSSR count). The molecule has 0 fully saturated rings. The van der Waals surface area contributed by atoms with Crippen molar-refractivity contribution in [3.8, 4) is 0 Å². The van der Waals surface area contributed by atoms with Crippen LogP contribution in [0.5, 0.6) is 0 Å². The average molecular weight is 169 g/mol. The lowest BCUT2D eigenvalue weighted by Crippen LogP contribution is -2.23. The van der Waals surface area contributed by atoms with Crippen molar-refractivity contribution in [2.24, 2.45) is 0 Å². The molecule has 0 amide bonds. The Morgan fingerprint density at radius 2 is 2.15 bits per heavy atom. The van der Waals surface area contributed by atoms with Crippen LogP contribution in [0.4, 0.5) is 0 Å². The summed E-state index contributed by atoms with van der Waals surface area (Å²) in [5.41, 5.74) is 0.998. The Morgan fingerprint density at radius 1 is 1.31 bits per heavy atom. The summed E-state index contributed by atoms with van der Waals surface area (Å²) in [6.07, 6.45) is 3.85. The lowest BCUT2D eigenvalue weighted by atomic mass is 10.1.